The summed E-state index contributed by atoms with van der Waals surface area (Å²) in [4.78, 5) is 0. The van der Waals surface area contributed by atoms with Crippen molar-refractivity contribution in [1.29, 1.82) is 0 Å². The molecule has 1 saturated heterocycles. The van der Waals surface area contributed by atoms with Crippen molar-refractivity contribution in [2.75, 3.05) is 0 Å². The van der Waals surface area contributed by atoms with Gasteiger partial charge in [-0.05, 0) is 37.0 Å². The van der Waals surface area contributed by atoms with Gasteiger partial charge in [0.1, 0.15) is 12.2 Å². The Morgan fingerprint density at radius 2 is 2.13 bits per heavy atom. The van der Waals surface area contributed by atoms with Crippen LogP contribution in [0.5, 0.6) is 0 Å². The fourth-order valence-corrected chi connectivity index (χ4v) is 4.35. The first-order valence-electron chi connectivity index (χ1n) is 5.55. The summed E-state index contributed by atoms with van der Waals surface area (Å²) in [6.45, 7) is 2.12. The van der Waals surface area contributed by atoms with E-state index in [1.54, 1.807) is 0 Å². The van der Waals surface area contributed by atoms with Crippen molar-refractivity contribution in [1.82, 2.24) is 0 Å². The molecule has 0 radical (unpaired) electrons. The fraction of sp³-hybridized carbons (Fsp3) is 1.00. The van der Waals surface area contributed by atoms with Crippen molar-refractivity contribution in [3.05, 3.63) is 0 Å². The molecule has 1 N–H and O–H groups in total. The molecule has 6 atom stereocenters. The molecule has 3 fully saturated rings. The molecule has 0 bridgehead atoms. The zero-order valence-electron chi connectivity index (χ0n) is 8.72. The summed E-state index contributed by atoms with van der Waals surface area (Å²) in [6, 6.07) is 0. The summed E-state index contributed by atoms with van der Waals surface area (Å²) < 4.78 is 21.7. The van der Waals surface area contributed by atoms with Crippen LogP contribution in [0, 0.1) is 11.3 Å². The van der Waals surface area contributed by atoms with Crippen LogP contribution in [-0.4, -0.2) is 27.6 Å². The Hall–Kier alpha value is 0.0300. The van der Waals surface area contributed by atoms with Gasteiger partial charge in [-0.2, -0.15) is 4.21 Å². The Bertz CT molecular complexity index is 308. The van der Waals surface area contributed by atoms with Crippen molar-refractivity contribution in [3.63, 3.8) is 0 Å². The molecule has 1 aliphatic heterocycles. The van der Waals surface area contributed by atoms with Crippen molar-refractivity contribution in [2.45, 2.75) is 50.9 Å². The normalized spacial score (nSPS) is 58.9. The minimum absolute atomic E-state index is 0.0193. The Balaban J connectivity index is 1.90. The predicted molar refractivity (Wildman–Crippen MR) is 54.0 cm³/mol. The van der Waals surface area contributed by atoms with Crippen LogP contribution in [0.15, 0.2) is 0 Å². The van der Waals surface area contributed by atoms with E-state index in [1.165, 1.54) is 0 Å². The minimum atomic E-state index is -1.56. The molecule has 4 nitrogen and oxygen atoms in total. The molecular weight excluding hydrogens is 216 g/mol. The third-order valence-electron chi connectivity index (χ3n) is 4.48. The lowest BCUT2D eigenvalue weighted by Crippen LogP contribution is -2.47. The average Bonchev–Trinajstić information content (AvgIpc) is 2.68. The lowest BCUT2D eigenvalue weighted by Gasteiger charge is -2.42. The summed E-state index contributed by atoms with van der Waals surface area (Å²) in [5.41, 5.74) is -0.0565. The number of rotatable bonds is 0. The predicted octanol–water partition coefficient (Wildman–Crippen LogP) is 0.920. The topological polar surface area (TPSA) is 55.8 Å². The van der Waals surface area contributed by atoms with Gasteiger partial charge in [0.15, 0.2) is 0 Å². The van der Waals surface area contributed by atoms with E-state index in [0.29, 0.717) is 5.92 Å². The van der Waals surface area contributed by atoms with Crippen LogP contribution >= 0.6 is 0 Å². The first-order chi connectivity index (χ1) is 7.11. The zero-order chi connectivity index (χ0) is 10.6. The summed E-state index contributed by atoms with van der Waals surface area (Å²) in [6.07, 6.45) is 3.26. The molecule has 86 valence electrons. The van der Waals surface area contributed by atoms with Gasteiger partial charge in [-0.1, -0.05) is 6.92 Å². The van der Waals surface area contributed by atoms with Gasteiger partial charge in [-0.3, -0.25) is 8.37 Å². The first kappa shape index (κ1) is 10.2. The smallest absolute Gasteiger partial charge is 0.305 e. The molecule has 15 heavy (non-hydrogen) atoms. The number of hydrogen-bond donors (Lipinski definition) is 1. The van der Waals surface area contributed by atoms with Crippen molar-refractivity contribution in [2.24, 2.45) is 11.3 Å². The highest BCUT2D eigenvalue weighted by molar-refractivity contribution is 7.75. The number of fused-ring (bicyclic) bond motifs is 3. The van der Waals surface area contributed by atoms with E-state index in [4.69, 9.17) is 8.37 Å². The minimum Gasteiger partial charge on any atom is -0.393 e. The van der Waals surface area contributed by atoms with E-state index >= 15 is 0 Å². The molecule has 0 amide bonds. The van der Waals surface area contributed by atoms with Gasteiger partial charge in [-0.25, -0.2) is 0 Å². The van der Waals surface area contributed by atoms with Gasteiger partial charge in [0.25, 0.3) is 0 Å². The van der Waals surface area contributed by atoms with E-state index in [-0.39, 0.29) is 23.7 Å². The highest BCUT2D eigenvalue weighted by atomic mass is 32.2. The summed E-state index contributed by atoms with van der Waals surface area (Å²) in [5.74, 6) is 0.303. The molecule has 0 aromatic heterocycles. The standard InChI is InChI=1S/C10H16O4S/c1-10-5-4-7-9(14-15(12)13-7)6(10)2-3-8(10)11/h6-9,11H,2-5H2,1H3/t6-,7-,8-,9+,10-,15+/m0/s1. The maximum Gasteiger partial charge on any atom is 0.305 e. The molecule has 2 saturated carbocycles. The summed E-state index contributed by atoms with van der Waals surface area (Å²) >= 11 is -1.56. The maximum atomic E-state index is 11.2. The third kappa shape index (κ3) is 1.33. The molecule has 0 spiro atoms. The SMILES string of the molecule is C[C@]12CC[C@@H]3O[S@@](=O)O[C@@H]3[C@@H]1CC[C@@H]2O. The first-order valence-corrected chi connectivity index (χ1v) is 6.55. The molecule has 5 heteroatoms. The van der Waals surface area contributed by atoms with Crippen molar-refractivity contribution < 1.29 is 17.7 Å². The molecule has 3 rings (SSSR count). The second-order valence-corrected chi connectivity index (χ2v) is 5.94. The van der Waals surface area contributed by atoms with E-state index in [1.807, 2.05) is 0 Å². The van der Waals surface area contributed by atoms with Crippen LogP contribution in [0.25, 0.3) is 0 Å². The van der Waals surface area contributed by atoms with Gasteiger partial charge >= 0.3 is 11.4 Å². The van der Waals surface area contributed by atoms with Crippen LogP contribution in [-0.2, 0) is 19.7 Å². The Morgan fingerprint density at radius 1 is 1.33 bits per heavy atom. The van der Waals surface area contributed by atoms with Gasteiger partial charge in [0.2, 0.25) is 0 Å². The van der Waals surface area contributed by atoms with Crippen molar-refractivity contribution >= 4 is 11.4 Å². The highest BCUT2D eigenvalue weighted by Crippen LogP contribution is 2.54. The zero-order valence-corrected chi connectivity index (χ0v) is 9.53. The average molecular weight is 232 g/mol. The molecule has 0 aromatic carbocycles. The van der Waals surface area contributed by atoms with Gasteiger partial charge in [0.05, 0.1) is 6.10 Å². The fourth-order valence-electron chi connectivity index (χ4n) is 3.46. The lowest BCUT2D eigenvalue weighted by molar-refractivity contribution is -0.0559. The Kier molecular flexibility index (Phi) is 2.22. The van der Waals surface area contributed by atoms with E-state index in [0.717, 1.165) is 25.7 Å². The highest BCUT2D eigenvalue weighted by Gasteiger charge is 2.57. The molecular formula is C10H16O4S. The molecule has 1 heterocycles. The number of aliphatic hydroxyl groups excluding tert-OH is 1. The maximum absolute atomic E-state index is 11.2. The molecule has 3 aliphatic rings. The Morgan fingerprint density at radius 3 is 2.93 bits per heavy atom. The Labute approximate surface area is 91.8 Å². The monoisotopic (exact) mass is 232 g/mol. The number of aliphatic hydroxyl groups is 1. The van der Waals surface area contributed by atoms with Crippen LogP contribution in [0.3, 0.4) is 0 Å². The summed E-state index contributed by atoms with van der Waals surface area (Å²) in [5, 5.41) is 10.00. The number of hydrogen-bond acceptors (Lipinski definition) is 4. The van der Waals surface area contributed by atoms with E-state index in [9.17, 15) is 9.32 Å². The quantitative estimate of drug-likeness (QED) is 0.675. The molecule has 0 unspecified atom stereocenters. The van der Waals surface area contributed by atoms with Crippen LogP contribution in [0.1, 0.15) is 32.6 Å². The van der Waals surface area contributed by atoms with E-state index < -0.39 is 11.4 Å². The third-order valence-corrected chi connectivity index (χ3v) is 5.27. The van der Waals surface area contributed by atoms with Gasteiger partial charge in [0, 0.05) is 0 Å². The van der Waals surface area contributed by atoms with Crippen LogP contribution in [0.2, 0.25) is 0 Å². The molecule has 0 aromatic rings. The van der Waals surface area contributed by atoms with Gasteiger partial charge in [-0.15, -0.1) is 0 Å². The molecule has 2 aliphatic carbocycles. The van der Waals surface area contributed by atoms with Crippen molar-refractivity contribution in [3.8, 4) is 0 Å². The van der Waals surface area contributed by atoms with Gasteiger partial charge < -0.3 is 5.11 Å². The second-order valence-electron chi connectivity index (χ2n) is 5.14. The van der Waals surface area contributed by atoms with Crippen LogP contribution < -0.4 is 0 Å². The largest absolute Gasteiger partial charge is 0.393 e. The summed E-state index contributed by atoms with van der Waals surface area (Å²) in [7, 11) is 0. The van der Waals surface area contributed by atoms with E-state index in [2.05, 4.69) is 6.92 Å². The van der Waals surface area contributed by atoms with Crippen LogP contribution in [0.4, 0.5) is 0 Å². The second kappa shape index (κ2) is 3.26. The lowest BCUT2D eigenvalue weighted by atomic mass is 9.66.